The van der Waals surface area contributed by atoms with Crippen molar-refractivity contribution in [2.45, 2.75) is 0 Å². The van der Waals surface area contributed by atoms with Crippen LogP contribution in [0.1, 0.15) is 0 Å². The summed E-state index contributed by atoms with van der Waals surface area (Å²) < 4.78 is 5.68. The van der Waals surface area contributed by atoms with Crippen LogP contribution in [0.3, 0.4) is 0 Å². The number of phenols is 1. The summed E-state index contributed by atoms with van der Waals surface area (Å²) in [6.07, 6.45) is 0. The van der Waals surface area contributed by atoms with Gasteiger partial charge in [-0.1, -0.05) is 194 Å². The Labute approximate surface area is 443 Å². The molecule has 0 saturated heterocycles. The van der Waals surface area contributed by atoms with Crippen LogP contribution in [-0.4, -0.2) is 20.7 Å². The summed E-state index contributed by atoms with van der Waals surface area (Å²) in [6, 6.07) is 81.3. The molecule has 0 aliphatic heterocycles. The van der Waals surface area contributed by atoms with Gasteiger partial charge in [0, 0.05) is 0 Å². The van der Waals surface area contributed by atoms with Gasteiger partial charge in [0.05, 0.1) is 12.4 Å². The van der Waals surface area contributed by atoms with E-state index >= 15 is 0 Å². The quantitative estimate of drug-likeness (QED) is 0.106. The van der Waals surface area contributed by atoms with Crippen molar-refractivity contribution in [1.29, 1.82) is 0 Å². The average Bonchev–Trinajstić information content (AvgIpc) is 3.39. The molecular formula is C62H44BBr3Cl2O2. The highest BCUT2D eigenvalue weighted by molar-refractivity contribution is 9.69. The molecule has 12 aromatic carbocycles. The van der Waals surface area contributed by atoms with Crippen molar-refractivity contribution in [3.8, 4) is 56.0 Å². The molecule has 0 atom stereocenters. The van der Waals surface area contributed by atoms with Crippen LogP contribution in [0.5, 0.6) is 11.5 Å². The first kappa shape index (κ1) is 48.9. The summed E-state index contributed by atoms with van der Waals surface area (Å²) in [6.45, 7) is 0. The number of alkyl halides is 2. The van der Waals surface area contributed by atoms with Gasteiger partial charge in [0.2, 0.25) is 0 Å². The average molecular weight is 1140 g/mol. The third-order valence-corrected chi connectivity index (χ3v) is 12.4. The lowest BCUT2D eigenvalue weighted by molar-refractivity contribution is 0.415. The Kier molecular flexibility index (Phi) is 15.9. The van der Waals surface area contributed by atoms with Crippen molar-refractivity contribution in [1.82, 2.24) is 0 Å². The normalized spacial score (nSPS) is 10.8. The van der Waals surface area contributed by atoms with Crippen LogP contribution in [0.4, 0.5) is 0 Å². The van der Waals surface area contributed by atoms with E-state index in [1.54, 1.807) is 13.2 Å². The Morgan fingerprint density at radius 1 is 0.357 bits per heavy atom. The van der Waals surface area contributed by atoms with Crippen LogP contribution >= 0.6 is 70.5 Å². The third-order valence-electron chi connectivity index (χ3n) is 12.4. The second kappa shape index (κ2) is 22.8. The van der Waals surface area contributed by atoms with E-state index in [1.165, 1.54) is 98.4 Å². The molecule has 8 heteroatoms. The minimum absolute atomic E-state index is 0.194. The number of ether oxygens (including phenoxy) is 1. The maximum absolute atomic E-state index is 9.84. The van der Waals surface area contributed by atoms with Gasteiger partial charge in [-0.25, -0.2) is 0 Å². The zero-order valence-electron chi connectivity index (χ0n) is 38.0. The van der Waals surface area contributed by atoms with E-state index in [-0.39, 0.29) is 8.52 Å². The number of fused-ring (bicyclic) bond motifs is 6. The summed E-state index contributed by atoms with van der Waals surface area (Å²) in [4.78, 5) is 0. The predicted molar refractivity (Wildman–Crippen MR) is 317 cm³/mol. The van der Waals surface area contributed by atoms with Crippen molar-refractivity contribution in [3.05, 3.63) is 231 Å². The van der Waals surface area contributed by atoms with Gasteiger partial charge in [0.1, 0.15) is 11.5 Å². The lowest BCUT2D eigenvalue weighted by atomic mass is 9.85. The van der Waals surface area contributed by atoms with Crippen LogP contribution in [0.15, 0.2) is 231 Å². The highest BCUT2D eigenvalue weighted by atomic mass is 79.9. The Morgan fingerprint density at radius 2 is 0.629 bits per heavy atom. The Bertz CT molecular complexity index is 3660. The lowest BCUT2D eigenvalue weighted by Gasteiger charge is -2.18. The van der Waals surface area contributed by atoms with Crippen LogP contribution in [0.2, 0.25) is 0 Å². The first-order chi connectivity index (χ1) is 34.3. The van der Waals surface area contributed by atoms with E-state index in [0.29, 0.717) is 5.75 Å². The van der Waals surface area contributed by atoms with Crippen molar-refractivity contribution >= 4 is 138 Å². The molecule has 0 fully saturated rings. The van der Waals surface area contributed by atoms with Gasteiger partial charge in [-0.05, 0) is 146 Å². The topological polar surface area (TPSA) is 29.5 Å². The SMILES string of the molecule is BrB(Br)Br.COc1ccc2cc(-c3c4ccccc4c(-c4ccccc4)c4ccccc34)ccc2c1.ClCCl.Oc1ccc2cc(-c3c4ccccc4c(-c4ccccc4)c4ccccc34)ccc2c1. The highest BCUT2D eigenvalue weighted by Crippen LogP contribution is 2.46. The number of aromatic hydroxyl groups is 1. The molecule has 12 rings (SSSR count). The van der Waals surface area contributed by atoms with E-state index in [0.717, 1.165) is 16.5 Å². The molecular weight excluding hydrogens is 1100 g/mol. The summed E-state index contributed by atoms with van der Waals surface area (Å²) in [5.74, 6) is 1.18. The molecule has 0 aliphatic rings. The summed E-state index contributed by atoms with van der Waals surface area (Å²) in [5, 5.41) is 24.7. The maximum atomic E-state index is 9.84. The van der Waals surface area contributed by atoms with Crippen molar-refractivity contribution in [3.63, 3.8) is 0 Å². The molecule has 1 N–H and O–H groups in total. The van der Waals surface area contributed by atoms with Crippen molar-refractivity contribution in [2.24, 2.45) is 0 Å². The van der Waals surface area contributed by atoms with Crippen LogP contribution in [0.25, 0.3) is 109 Å². The van der Waals surface area contributed by atoms with Gasteiger partial charge in [-0.3, -0.25) is 0 Å². The summed E-state index contributed by atoms with van der Waals surface area (Å²) >= 11 is 18.8. The van der Waals surface area contributed by atoms with E-state index in [9.17, 15) is 5.11 Å². The molecule has 12 aromatic rings. The second-order valence-electron chi connectivity index (χ2n) is 16.4. The number of phenolic OH excluding ortho intramolecular Hbond substituents is 1. The van der Waals surface area contributed by atoms with Crippen molar-refractivity contribution in [2.75, 3.05) is 12.4 Å². The van der Waals surface area contributed by atoms with E-state index in [1.807, 2.05) is 18.2 Å². The third kappa shape index (κ3) is 10.5. The molecule has 0 heterocycles. The molecule has 0 radical (unpaired) electrons. The van der Waals surface area contributed by atoms with E-state index in [4.69, 9.17) is 27.9 Å². The fourth-order valence-corrected chi connectivity index (χ4v) is 9.61. The van der Waals surface area contributed by atoms with Crippen molar-refractivity contribution < 1.29 is 9.84 Å². The molecule has 0 saturated carbocycles. The van der Waals surface area contributed by atoms with Gasteiger partial charge < -0.3 is 9.84 Å². The van der Waals surface area contributed by atoms with Crippen LogP contribution in [0, 0.1) is 0 Å². The predicted octanol–water partition coefficient (Wildman–Crippen LogP) is 20.3. The van der Waals surface area contributed by atoms with Gasteiger partial charge >= 0.3 is 3.18 Å². The minimum Gasteiger partial charge on any atom is -0.508 e. The number of benzene rings is 12. The number of hydrogen-bond donors (Lipinski definition) is 1. The van der Waals surface area contributed by atoms with Gasteiger partial charge in [0.25, 0.3) is 0 Å². The Morgan fingerprint density at radius 3 is 0.971 bits per heavy atom. The maximum Gasteiger partial charge on any atom is 0.369 e. The van der Waals surface area contributed by atoms with Gasteiger partial charge in [-0.2, -0.15) is 0 Å². The molecule has 0 unspecified atom stereocenters. The van der Waals surface area contributed by atoms with E-state index < -0.39 is 0 Å². The molecule has 0 amide bonds. The highest BCUT2D eigenvalue weighted by Gasteiger charge is 2.18. The first-order valence-electron chi connectivity index (χ1n) is 22.6. The molecule has 0 aliphatic carbocycles. The standard InChI is InChI=1S/C31H22O.C30H20O.CH2Cl2.BBr3/c1-32-25-18-17-22-19-24(16-15-23(22)20-25)31-28-13-7-5-11-26(28)30(21-9-3-2-4-10-21)27-12-6-8-14-29(27)31;31-24-17-16-21-18-23(15-14-22(21)19-24)30-27-12-6-4-10-25(27)29(20-8-2-1-3-9-20)26-11-5-7-13-28(26)30;2-1-3;2-1(3)4/h2-20H,1H3;1-19,31H;1H2;. The largest absolute Gasteiger partial charge is 0.508 e. The smallest absolute Gasteiger partial charge is 0.369 e. The zero-order chi connectivity index (χ0) is 48.6. The van der Waals surface area contributed by atoms with Crippen LogP contribution in [-0.2, 0) is 0 Å². The summed E-state index contributed by atoms with van der Waals surface area (Å²) in [7, 11) is 1.71. The Hall–Kier alpha value is -6.12. The second-order valence-corrected chi connectivity index (χ2v) is 23.7. The lowest BCUT2D eigenvalue weighted by Crippen LogP contribution is -1.91. The molecule has 70 heavy (non-hydrogen) atoms. The van der Waals surface area contributed by atoms with Gasteiger partial charge in [0.15, 0.2) is 0 Å². The fourth-order valence-electron chi connectivity index (χ4n) is 9.61. The number of halogens is 5. The molecule has 0 bridgehead atoms. The minimum atomic E-state index is 0.194. The molecule has 2 nitrogen and oxygen atoms in total. The number of rotatable bonds is 5. The monoisotopic (exact) mass is 1140 g/mol. The van der Waals surface area contributed by atoms with E-state index in [2.05, 4.69) is 254 Å². The number of hydrogen-bond acceptors (Lipinski definition) is 2. The van der Waals surface area contributed by atoms with Gasteiger partial charge in [-0.15, -0.1) is 70.5 Å². The molecule has 0 aromatic heterocycles. The molecule has 342 valence electrons. The fraction of sp³-hybridized carbons (Fsp3) is 0.0323. The Balaban J connectivity index is 0.000000154. The first-order valence-corrected chi connectivity index (χ1v) is 26.4. The molecule has 0 spiro atoms. The number of methoxy groups -OCH3 is 1. The van der Waals surface area contributed by atoms with Crippen LogP contribution < -0.4 is 4.74 Å². The zero-order valence-corrected chi connectivity index (χ0v) is 44.2. The summed E-state index contributed by atoms with van der Waals surface area (Å²) in [5.41, 5.74) is 10.0.